The van der Waals surface area contributed by atoms with E-state index in [4.69, 9.17) is 9.47 Å². The molecule has 0 bridgehead atoms. The normalized spacial score (nSPS) is 30.7. The number of hydrogen-bond donors (Lipinski definition) is 1. The summed E-state index contributed by atoms with van der Waals surface area (Å²) in [5, 5.41) is 9.49. The standard InChI is InChI=1S/C17H32O3/c1-6-15(7-2)14(4)9-10-16(5)19-12-17(8-3,11-18)13-20-16/h15,18H,4,6-13H2,1-3,5H3. The maximum Gasteiger partial charge on any atom is 0.165 e. The molecule has 118 valence electrons. The van der Waals surface area contributed by atoms with Crippen molar-refractivity contribution in [2.45, 2.75) is 65.6 Å². The van der Waals surface area contributed by atoms with Crippen molar-refractivity contribution in [2.75, 3.05) is 19.8 Å². The molecular weight excluding hydrogens is 252 g/mol. The zero-order chi connectivity index (χ0) is 15.2. The molecule has 0 atom stereocenters. The molecule has 20 heavy (non-hydrogen) atoms. The van der Waals surface area contributed by atoms with Gasteiger partial charge in [0.1, 0.15) is 0 Å². The first-order valence-corrected chi connectivity index (χ1v) is 8.00. The molecule has 1 N–H and O–H groups in total. The highest BCUT2D eigenvalue weighted by Crippen LogP contribution is 2.36. The summed E-state index contributed by atoms with van der Waals surface area (Å²) >= 11 is 0. The van der Waals surface area contributed by atoms with Gasteiger partial charge in [-0.15, -0.1) is 0 Å². The average molecular weight is 284 g/mol. The van der Waals surface area contributed by atoms with Gasteiger partial charge in [0.25, 0.3) is 0 Å². The summed E-state index contributed by atoms with van der Waals surface area (Å²) in [6.07, 6.45) is 4.96. The minimum Gasteiger partial charge on any atom is -0.396 e. The van der Waals surface area contributed by atoms with Crippen LogP contribution in [0.25, 0.3) is 0 Å². The van der Waals surface area contributed by atoms with Crippen molar-refractivity contribution in [1.82, 2.24) is 0 Å². The zero-order valence-electron chi connectivity index (χ0n) is 13.7. The third-order valence-corrected chi connectivity index (χ3v) is 4.92. The molecule has 1 aliphatic heterocycles. The molecule has 0 aliphatic carbocycles. The minimum absolute atomic E-state index is 0.125. The van der Waals surface area contributed by atoms with E-state index in [-0.39, 0.29) is 12.0 Å². The molecule has 0 unspecified atom stereocenters. The van der Waals surface area contributed by atoms with E-state index in [2.05, 4.69) is 27.4 Å². The van der Waals surface area contributed by atoms with Crippen LogP contribution in [0, 0.1) is 11.3 Å². The van der Waals surface area contributed by atoms with Gasteiger partial charge in [0.15, 0.2) is 5.79 Å². The minimum atomic E-state index is -0.525. The molecule has 3 nitrogen and oxygen atoms in total. The Labute approximate surface area is 124 Å². The number of aliphatic hydroxyl groups is 1. The Kier molecular flexibility index (Phi) is 6.70. The first-order chi connectivity index (χ1) is 9.44. The monoisotopic (exact) mass is 284 g/mol. The maximum absolute atomic E-state index is 9.49. The highest BCUT2D eigenvalue weighted by atomic mass is 16.7. The third kappa shape index (κ3) is 4.31. The lowest BCUT2D eigenvalue weighted by Gasteiger charge is -2.44. The van der Waals surface area contributed by atoms with Gasteiger partial charge in [0.2, 0.25) is 0 Å². The number of allylic oxidation sites excluding steroid dienone is 1. The number of aliphatic hydroxyl groups excluding tert-OH is 1. The van der Waals surface area contributed by atoms with E-state index in [1.165, 1.54) is 5.57 Å². The van der Waals surface area contributed by atoms with E-state index < -0.39 is 5.79 Å². The van der Waals surface area contributed by atoms with Crippen LogP contribution in [-0.4, -0.2) is 30.7 Å². The van der Waals surface area contributed by atoms with E-state index in [9.17, 15) is 5.11 Å². The summed E-state index contributed by atoms with van der Waals surface area (Å²) in [5.74, 6) is 0.0809. The van der Waals surface area contributed by atoms with Crippen LogP contribution in [0.15, 0.2) is 12.2 Å². The summed E-state index contributed by atoms with van der Waals surface area (Å²) in [7, 11) is 0. The van der Waals surface area contributed by atoms with Crippen LogP contribution in [0.3, 0.4) is 0 Å². The van der Waals surface area contributed by atoms with Crippen molar-refractivity contribution < 1.29 is 14.6 Å². The molecule has 0 amide bonds. The predicted octanol–water partition coefficient (Wildman–Crippen LogP) is 3.91. The van der Waals surface area contributed by atoms with Gasteiger partial charge < -0.3 is 14.6 Å². The summed E-state index contributed by atoms with van der Waals surface area (Å²) in [5.41, 5.74) is 1.09. The van der Waals surface area contributed by atoms with Crippen molar-refractivity contribution in [3.05, 3.63) is 12.2 Å². The summed E-state index contributed by atoms with van der Waals surface area (Å²) < 4.78 is 11.9. The van der Waals surface area contributed by atoms with E-state index in [0.29, 0.717) is 19.1 Å². The fourth-order valence-electron chi connectivity index (χ4n) is 2.70. The Bertz CT molecular complexity index is 293. The fraction of sp³-hybridized carbons (Fsp3) is 0.882. The van der Waals surface area contributed by atoms with Crippen LogP contribution in [0.4, 0.5) is 0 Å². The van der Waals surface area contributed by atoms with Crippen molar-refractivity contribution in [3.8, 4) is 0 Å². The Morgan fingerprint density at radius 1 is 1.20 bits per heavy atom. The zero-order valence-corrected chi connectivity index (χ0v) is 13.7. The molecule has 1 rings (SSSR count). The largest absolute Gasteiger partial charge is 0.396 e. The Hall–Kier alpha value is -0.380. The van der Waals surface area contributed by atoms with Gasteiger partial charge in [0.05, 0.1) is 19.8 Å². The molecule has 1 saturated heterocycles. The van der Waals surface area contributed by atoms with Crippen LogP contribution in [0.1, 0.15) is 59.8 Å². The van der Waals surface area contributed by atoms with Gasteiger partial charge in [0, 0.05) is 11.8 Å². The lowest BCUT2D eigenvalue weighted by Crippen LogP contribution is -2.49. The summed E-state index contributed by atoms with van der Waals surface area (Å²) in [6, 6.07) is 0. The first-order valence-electron chi connectivity index (χ1n) is 8.00. The molecule has 0 radical (unpaired) electrons. The molecule has 1 heterocycles. The Balaban J connectivity index is 2.47. The topological polar surface area (TPSA) is 38.7 Å². The number of ether oxygens (including phenoxy) is 2. The Morgan fingerprint density at radius 2 is 1.75 bits per heavy atom. The van der Waals surface area contributed by atoms with Gasteiger partial charge in [-0.25, -0.2) is 0 Å². The molecular formula is C17H32O3. The van der Waals surface area contributed by atoms with Crippen LogP contribution >= 0.6 is 0 Å². The number of rotatable bonds is 8. The maximum atomic E-state index is 9.49. The highest BCUT2D eigenvalue weighted by molar-refractivity contribution is 5.01. The lowest BCUT2D eigenvalue weighted by molar-refractivity contribution is -0.302. The van der Waals surface area contributed by atoms with Gasteiger partial charge in [-0.3, -0.25) is 0 Å². The van der Waals surface area contributed by atoms with Crippen molar-refractivity contribution in [2.24, 2.45) is 11.3 Å². The van der Waals surface area contributed by atoms with E-state index in [1.807, 2.05) is 6.92 Å². The second kappa shape index (κ2) is 7.58. The Morgan fingerprint density at radius 3 is 2.15 bits per heavy atom. The third-order valence-electron chi connectivity index (χ3n) is 4.92. The molecule has 3 heteroatoms. The van der Waals surface area contributed by atoms with Gasteiger partial charge in [-0.1, -0.05) is 32.9 Å². The quantitative estimate of drug-likeness (QED) is 0.687. The van der Waals surface area contributed by atoms with Gasteiger partial charge >= 0.3 is 0 Å². The van der Waals surface area contributed by atoms with E-state index >= 15 is 0 Å². The average Bonchev–Trinajstić information content (AvgIpc) is 2.48. The van der Waals surface area contributed by atoms with Crippen molar-refractivity contribution in [1.29, 1.82) is 0 Å². The molecule has 1 aliphatic rings. The molecule has 0 spiro atoms. The molecule has 0 saturated carbocycles. The fourth-order valence-corrected chi connectivity index (χ4v) is 2.70. The van der Waals surface area contributed by atoms with Crippen molar-refractivity contribution >= 4 is 0 Å². The second-order valence-electron chi connectivity index (χ2n) is 6.39. The lowest BCUT2D eigenvalue weighted by atomic mass is 9.86. The second-order valence-corrected chi connectivity index (χ2v) is 6.39. The van der Waals surface area contributed by atoms with Gasteiger partial charge in [-0.2, -0.15) is 0 Å². The van der Waals surface area contributed by atoms with Crippen LogP contribution < -0.4 is 0 Å². The smallest absolute Gasteiger partial charge is 0.165 e. The van der Waals surface area contributed by atoms with Crippen LogP contribution in [0.2, 0.25) is 0 Å². The van der Waals surface area contributed by atoms with Crippen LogP contribution in [-0.2, 0) is 9.47 Å². The van der Waals surface area contributed by atoms with Gasteiger partial charge in [-0.05, 0) is 38.5 Å². The molecule has 0 aromatic heterocycles. The number of hydrogen-bond acceptors (Lipinski definition) is 3. The summed E-state index contributed by atoms with van der Waals surface area (Å²) in [4.78, 5) is 0. The SMILES string of the molecule is C=C(CCC1(C)OCC(CC)(CO)CO1)C(CC)CC. The molecule has 0 aromatic carbocycles. The van der Waals surface area contributed by atoms with Crippen LogP contribution in [0.5, 0.6) is 0 Å². The first kappa shape index (κ1) is 17.7. The van der Waals surface area contributed by atoms with E-state index in [0.717, 1.165) is 32.1 Å². The predicted molar refractivity (Wildman–Crippen MR) is 82.6 cm³/mol. The molecule has 0 aromatic rings. The van der Waals surface area contributed by atoms with E-state index in [1.54, 1.807) is 0 Å². The highest BCUT2D eigenvalue weighted by Gasteiger charge is 2.40. The summed E-state index contributed by atoms with van der Waals surface area (Å²) in [6.45, 7) is 14.0. The molecule has 1 fully saturated rings. The van der Waals surface area contributed by atoms with Crippen molar-refractivity contribution in [3.63, 3.8) is 0 Å².